The van der Waals surface area contributed by atoms with Crippen molar-refractivity contribution in [3.05, 3.63) is 59.4 Å². The van der Waals surface area contributed by atoms with Crippen LogP contribution >= 0.6 is 12.2 Å². The molecule has 0 heterocycles. The van der Waals surface area contributed by atoms with Crippen molar-refractivity contribution >= 4 is 28.6 Å². The van der Waals surface area contributed by atoms with Gasteiger partial charge in [-0.2, -0.15) is 0 Å². The Kier molecular flexibility index (Phi) is 3.58. The first-order valence-corrected chi connectivity index (χ1v) is 5.90. The Labute approximate surface area is 111 Å². The van der Waals surface area contributed by atoms with Crippen molar-refractivity contribution in [1.29, 1.82) is 0 Å². The second-order valence-electron chi connectivity index (χ2n) is 4.05. The van der Waals surface area contributed by atoms with E-state index in [1.54, 1.807) is 12.1 Å². The molecule has 18 heavy (non-hydrogen) atoms. The molecule has 0 fully saturated rings. The molecule has 0 spiro atoms. The van der Waals surface area contributed by atoms with E-state index in [2.05, 4.69) is 5.32 Å². The molecular formula is C14H13FN2S. The van der Waals surface area contributed by atoms with Gasteiger partial charge in [-0.3, -0.25) is 0 Å². The Morgan fingerprint density at radius 2 is 1.83 bits per heavy atom. The van der Waals surface area contributed by atoms with Crippen LogP contribution in [0.5, 0.6) is 0 Å². The molecule has 0 saturated heterocycles. The summed E-state index contributed by atoms with van der Waals surface area (Å²) in [6, 6.07) is 11.9. The summed E-state index contributed by atoms with van der Waals surface area (Å²) in [6.07, 6.45) is 0. The normalized spacial score (nSPS) is 10.1. The van der Waals surface area contributed by atoms with Gasteiger partial charge in [-0.1, -0.05) is 18.3 Å². The van der Waals surface area contributed by atoms with E-state index in [0.29, 0.717) is 4.99 Å². The van der Waals surface area contributed by atoms with Gasteiger partial charge < -0.3 is 11.1 Å². The first-order valence-electron chi connectivity index (χ1n) is 5.49. The fourth-order valence-corrected chi connectivity index (χ4v) is 1.84. The lowest BCUT2D eigenvalue weighted by Crippen LogP contribution is -2.12. The van der Waals surface area contributed by atoms with Crippen LogP contribution in [0.15, 0.2) is 42.5 Å². The van der Waals surface area contributed by atoms with Crippen molar-refractivity contribution in [3.63, 3.8) is 0 Å². The third-order valence-electron chi connectivity index (χ3n) is 2.56. The van der Waals surface area contributed by atoms with Crippen molar-refractivity contribution in [2.75, 3.05) is 5.32 Å². The number of hydrogen-bond donors (Lipinski definition) is 2. The molecular weight excluding hydrogens is 247 g/mol. The van der Waals surface area contributed by atoms with Gasteiger partial charge in [-0.25, -0.2) is 4.39 Å². The molecule has 4 heteroatoms. The number of aryl methyl sites for hydroxylation is 1. The summed E-state index contributed by atoms with van der Waals surface area (Å²) >= 11 is 5.01. The first kappa shape index (κ1) is 12.5. The minimum absolute atomic E-state index is 0.264. The maximum atomic E-state index is 12.8. The van der Waals surface area contributed by atoms with Crippen LogP contribution in [0.4, 0.5) is 15.8 Å². The van der Waals surface area contributed by atoms with Crippen LogP contribution < -0.4 is 11.1 Å². The predicted molar refractivity (Wildman–Crippen MR) is 76.7 cm³/mol. The number of benzene rings is 2. The highest BCUT2D eigenvalue weighted by Gasteiger charge is 2.05. The highest BCUT2D eigenvalue weighted by Crippen LogP contribution is 2.22. The van der Waals surface area contributed by atoms with Gasteiger partial charge in [0.05, 0.1) is 0 Å². The fourth-order valence-electron chi connectivity index (χ4n) is 1.67. The van der Waals surface area contributed by atoms with Gasteiger partial charge in [0.15, 0.2) is 0 Å². The van der Waals surface area contributed by atoms with E-state index in [4.69, 9.17) is 18.0 Å². The Morgan fingerprint density at radius 1 is 1.17 bits per heavy atom. The molecule has 0 saturated carbocycles. The molecule has 2 rings (SSSR count). The minimum atomic E-state index is -0.264. The highest BCUT2D eigenvalue weighted by molar-refractivity contribution is 7.80. The molecule has 2 aromatic rings. The van der Waals surface area contributed by atoms with Crippen LogP contribution in [-0.2, 0) is 0 Å². The summed E-state index contributed by atoms with van der Waals surface area (Å²) in [7, 11) is 0. The Hall–Kier alpha value is -1.94. The third kappa shape index (κ3) is 2.84. The number of rotatable bonds is 3. The van der Waals surface area contributed by atoms with Crippen molar-refractivity contribution in [2.24, 2.45) is 5.73 Å². The first-order chi connectivity index (χ1) is 8.56. The van der Waals surface area contributed by atoms with E-state index in [1.807, 2.05) is 25.1 Å². The van der Waals surface area contributed by atoms with Crippen LogP contribution in [0, 0.1) is 12.7 Å². The van der Waals surface area contributed by atoms with Crippen LogP contribution in [0.25, 0.3) is 0 Å². The van der Waals surface area contributed by atoms with Crippen LogP contribution in [0.3, 0.4) is 0 Å². The van der Waals surface area contributed by atoms with Crippen LogP contribution in [0.1, 0.15) is 11.1 Å². The molecule has 2 nitrogen and oxygen atoms in total. The van der Waals surface area contributed by atoms with E-state index < -0.39 is 0 Å². The average molecular weight is 260 g/mol. The van der Waals surface area contributed by atoms with Crippen LogP contribution in [0.2, 0.25) is 0 Å². The lowest BCUT2D eigenvalue weighted by Gasteiger charge is -2.12. The Bertz CT molecular complexity index is 579. The van der Waals surface area contributed by atoms with Gasteiger partial charge in [0, 0.05) is 16.9 Å². The molecule has 0 atom stereocenters. The van der Waals surface area contributed by atoms with Crippen LogP contribution in [-0.4, -0.2) is 4.99 Å². The molecule has 0 unspecified atom stereocenters. The summed E-state index contributed by atoms with van der Waals surface area (Å²) < 4.78 is 12.8. The number of nitrogens with one attached hydrogen (secondary N) is 1. The van der Waals surface area contributed by atoms with Gasteiger partial charge in [0.1, 0.15) is 10.8 Å². The zero-order valence-electron chi connectivity index (χ0n) is 9.91. The molecule has 0 aliphatic heterocycles. The maximum Gasteiger partial charge on any atom is 0.123 e. The van der Waals surface area contributed by atoms with E-state index >= 15 is 0 Å². The summed E-state index contributed by atoms with van der Waals surface area (Å²) in [5.41, 5.74) is 9.17. The fraction of sp³-hybridized carbons (Fsp3) is 0.0714. The topological polar surface area (TPSA) is 38.0 Å². The van der Waals surface area contributed by atoms with E-state index in [0.717, 1.165) is 22.5 Å². The Morgan fingerprint density at radius 3 is 2.44 bits per heavy atom. The molecule has 0 amide bonds. The summed E-state index contributed by atoms with van der Waals surface area (Å²) in [6.45, 7) is 1.99. The molecule has 92 valence electrons. The Balaban J connectivity index is 2.35. The number of anilines is 2. The van der Waals surface area contributed by atoms with E-state index in [-0.39, 0.29) is 5.82 Å². The van der Waals surface area contributed by atoms with Crippen molar-refractivity contribution < 1.29 is 4.39 Å². The number of thiocarbonyl (C=S) groups is 1. The SMILES string of the molecule is Cc1ccc(C(N)=S)c(Nc2ccc(F)cc2)c1. The monoisotopic (exact) mass is 260 g/mol. The van der Waals surface area contributed by atoms with Crippen molar-refractivity contribution in [1.82, 2.24) is 0 Å². The van der Waals surface area contributed by atoms with E-state index in [1.165, 1.54) is 12.1 Å². The molecule has 0 aliphatic rings. The van der Waals surface area contributed by atoms with Gasteiger partial charge in [-0.15, -0.1) is 0 Å². The second-order valence-corrected chi connectivity index (χ2v) is 4.49. The smallest absolute Gasteiger partial charge is 0.123 e. The summed E-state index contributed by atoms with van der Waals surface area (Å²) in [5, 5.41) is 3.19. The lowest BCUT2D eigenvalue weighted by molar-refractivity contribution is 0.628. The standard InChI is InChI=1S/C14H13FN2S/c1-9-2-7-12(14(16)18)13(8-9)17-11-5-3-10(15)4-6-11/h2-8,17H,1H3,(H2,16,18). The maximum absolute atomic E-state index is 12.8. The number of halogens is 1. The van der Waals surface area contributed by atoms with Crippen molar-refractivity contribution in [3.8, 4) is 0 Å². The largest absolute Gasteiger partial charge is 0.389 e. The second kappa shape index (κ2) is 5.14. The quantitative estimate of drug-likeness (QED) is 0.829. The highest BCUT2D eigenvalue weighted by atomic mass is 32.1. The third-order valence-corrected chi connectivity index (χ3v) is 2.78. The molecule has 3 N–H and O–H groups in total. The zero-order chi connectivity index (χ0) is 13.1. The average Bonchev–Trinajstić information content (AvgIpc) is 2.32. The summed E-state index contributed by atoms with van der Waals surface area (Å²) in [4.78, 5) is 0.333. The lowest BCUT2D eigenvalue weighted by atomic mass is 10.1. The van der Waals surface area contributed by atoms with Gasteiger partial charge in [0.2, 0.25) is 0 Å². The molecule has 0 bridgehead atoms. The zero-order valence-corrected chi connectivity index (χ0v) is 10.7. The molecule has 0 aromatic heterocycles. The summed E-state index contributed by atoms with van der Waals surface area (Å²) in [5.74, 6) is -0.264. The van der Waals surface area contributed by atoms with Gasteiger partial charge in [0.25, 0.3) is 0 Å². The molecule has 0 aliphatic carbocycles. The van der Waals surface area contributed by atoms with Gasteiger partial charge in [-0.05, 0) is 48.9 Å². The molecule has 2 aromatic carbocycles. The van der Waals surface area contributed by atoms with Gasteiger partial charge >= 0.3 is 0 Å². The molecule has 0 radical (unpaired) electrons. The predicted octanol–water partition coefficient (Wildman–Crippen LogP) is 3.51. The number of hydrogen-bond acceptors (Lipinski definition) is 2. The van der Waals surface area contributed by atoms with E-state index in [9.17, 15) is 4.39 Å². The number of nitrogens with two attached hydrogens (primary N) is 1. The minimum Gasteiger partial charge on any atom is -0.389 e. The van der Waals surface area contributed by atoms with Crippen molar-refractivity contribution in [2.45, 2.75) is 6.92 Å².